The highest BCUT2D eigenvalue weighted by Crippen LogP contribution is 2.40. The maximum Gasteiger partial charge on any atom is 0.122 e. The topological polar surface area (TPSA) is 38.7 Å². The first kappa shape index (κ1) is 12.0. The Morgan fingerprint density at radius 2 is 2.33 bits per heavy atom. The molecule has 1 saturated carbocycles. The van der Waals surface area contributed by atoms with Crippen LogP contribution in [-0.2, 0) is 16.8 Å². The molecule has 2 aliphatic rings. The molecule has 3 heteroatoms. The van der Waals surface area contributed by atoms with E-state index in [1.807, 2.05) is 12.1 Å². The number of hydrogen-bond acceptors (Lipinski definition) is 3. The number of methoxy groups -OCH3 is 1. The van der Waals surface area contributed by atoms with Gasteiger partial charge < -0.3 is 14.6 Å². The Balaban J connectivity index is 1.88. The molecule has 3 rings (SSSR count). The lowest BCUT2D eigenvalue weighted by atomic mass is 9.78. The summed E-state index contributed by atoms with van der Waals surface area (Å²) in [7, 11) is 1.73. The SMILES string of the molecule is COC1CCCC(O)(c2ccc3c(c2)CCO3)C1. The van der Waals surface area contributed by atoms with Gasteiger partial charge in [0.25, 0.3) is 0 Å². The summed E-state index contributed by atoms with van der Waals surface area (Å²) in [5.74, 6) is 0.974. The Labute approximate surface area is 108 Å². The average Bonchev–Trinajstić information content (AvgIpc) is 2.86. The summed E-state index contributed by atoms with van der Waals surface area (Å²) >= 11 is 0. The van der Waals surface area contributed by atoms with Gasteiger partial charge in [-0.25, -0.2) is 0 Å². The van der Waals surface area contributed by atoms with Gasteiger partial charge in [0, 0.05) is 20.0 Å². The molecule has 0 aromatic heterocycles. The van der Waals surface area contributed by atoms with Crippen LogP contribution in [0, 0.1) is 0 Å². The molecule has 2 atom stereocenters. The highest BCUT2D eigenvalue weighted by molar-refractivity contribution is 5.41. The van der Waals surface area contributed by atoms with Crippen molar-refractivity contribution in [2.24, 2.45) is 0 Å². The minimum atomic E-state index is -0.726. The van der Waals surface area contributed by atoms with E-state index in [0.717, 1.165) is 43.6 Å². The van der Waals surface area contributed by atoms with Crippen LogP contribution in [0.2, 0.25) is 0 Å². The zero-order valence-corrected chi connectivity index (χ0v) is 10.8. The van der Waals surface area contributed by atoms with Gasteiger partial charge in [-0.15, -0.1) is 0 Å². The third kappa shape index (κ3) is 2.02. The van der Waals surface area contributed by atoms with Crippen molar-refractivity contribution in [3.8, 4) is 5.75 Å². The van der Waals surface area contributed by atoms with E-state index >= 15 is 0 Å². The van der Waals surface area contributed by atoms with Crippen molar-refractivity contribution >= 4 is 0 Å². The normalized spacial score (nSPS) is 30.9. The molecule has 1 N–H and O–H groups in total. The molecular weight excluding hydrogens is 228 g/mol. The summed E-state index contributed by atoms with van der Waals surface area (Å²) in [5.41, 5.74) is 1.52. The molecule has 1 heterocycles. The molecule has 1 fully saturated rings. The summed E-state index contributed by atoms with van der Waals surface area (Å²) < 4.78 is 10.9. The van der Waals surface area contributed by atoms with E-state index in [-0.39, 0.29) is 6.10 Å². The zero-order valence-electron chi connectivity index (χ0n) is 10.8. The van der Waals surface area contributed by atoms with Crippen LogP contribution in [0.15, 0.2) is 18.2 Å². The maximum absolute atomic E-state index is 10.9. The first-order valence-corrected chi connectivity index (χ1v) is 6.73. The number of aliphatic hydroxyl groups is 1. The molecule has 1 aliphatic carbocycles. The second-order valence-electron chi connectivity index (χ2n) is 5.41. The predicted octanol–water partition coefficient (Wildman–Crippen LogP) is 2.40. The predicted molar refractivity (Wildman–Crippen MR) is 68.8 cm³/mol. The monoisotopic (exact) mass is 248 g/mol. The van der Waals surface area contributed by atoms with Gasteiger partial charge in [0.2, 0.25) is 0 Å². The van der Waals surface area contributed by atoms with Crippen LogP contribution in [0.1, 0.15) is 36.8 Å². The summed E-state index contributed by atoms with van der Waals surface area (Å²) in [6, 6.07) is 6.11. The van der Waals surface area contributed by atoms with E-state index in [0.29, 0.717) is 6.42 Å². The molecule has 1 aliphatic heterocycles. The molecule has 3 nitrogen and oxygen atoms in total. The quantitative estimate of drug-likeness (QED) is 0.873. The van der Waals surface area contributed by atoms with E-state index in [9.17, 15) is 5.11 Å². The average molecular weight is 248 g/mol. The lowest BCUT2D eigenvalue weighted by molar-refractivity contribution is -0.0632. The number of ether oxygens (including phenoxy) is 2. The zero-order chi connectivity index (χ0) is 12.6. The summed E-state index contributed by atoms with van der Waals surface area (Å²) in [6.07, 6.45) is 4.71. The molecule has 2 unspecified atom stereocenters. The Hall–Kier alpha value is -1.06. The van der Waals surface area contributed by atoms with E-state index in [1.54, 1.807) is 7.11 Å². The fourth-order valence-corrected chi connectivity index (χ4v) is 3.14. The van der Waals surface area contributed by atoms with E-state index < -0.39 is 5.60 Å². The summed E-state index contributed by atoms with van der Waals surface area (Å²) in [5, 5.41) is 10.9. The molecule has 0 amide bonds. The van der Waals surface area contributed by atoms with Crippen LogP contribution in [0.3, 0.4) is 0 Å². The van der Waals surface area contributed by atoms with Crippen molar-refractivity contribution in [3.05, 3.63) is 29.3 Å². The second-order valence-corrected chi connectivity index (χ2v) is 5.41. The standard InChI is InChI=1S/C15H20O3/c1-17-13-3-2-7-15(16,10-13)12-4-5-14-11(9-12)6-8-18-14/h4-5,9,13,16H,2-3,6-8,10H2,1H3. The van der Waals surface area contributed by atoms with Crippen molar-refractivity contribution in [1.82, 2.24) is 0 Å². The van der Waals surface area contributed by atoms with Gasteiger partial charge in [0.15, 0.2) is 0 Å². The minimum Gasteiger partial charge on any atom is -0.493 e. The summed E-state index contributed by atoms with van der Waals surface area (Å²) in [4.78, 5) is 0. The lowest BCUT2D eigenvalue weighted by Crippen LogP contribution is -2.35. The van der Waals surface area contributed by atoms with Crippen LogP contribution in [0.4, 0.5) is 0 Å². The van der Waals surface area contributed by atoms with Crippen LogP contribution in [-0.4, -0.2) is 24.9 Å². The number of fused-ring (bicyclic) bond motifs is 1. The van der Waals surface area contributed by atoms with Gasteiger partial charge >= 0.3 is 0 Å². The second kappa shape index (κ2) is 4.56. The van der Waals surface area contributed by atoms with Crippen LogP contribution >= 0.6 is 0 Å². The first-order valence-electron chi connectivity index (χ1n) is 6.73. The van der Waals surface area contributed by atoms with E-state index in [1.165, 1.54) is 5.56 Å². The Morgan fingerprint density at radius 3 is 3.17 bits per heavy atom. The Morgan fingerprint density at radius 1 is 1.44 bits per heavy atom. The van der Waals surface area contributed by atoms with Gasteiger partial charge in [-0.05, 0) is 42.5 Å². The molecule has 0 radical (unpaired) electrons. The number of benzene rings is 1. The molecular formula is C15H20O3. The number of rotatable bonds is 2. The third-order valence-electron chi connectivity index (χ3n) is 4.24. The maximum atomic E-state index is 10.9. The van der Waals surface area contributed by atoms with Gasteiger partial charge in [-0.3, -0.25) is 0 Å². The van der Waals surface area contributed by atoms with Gasteiger partial charge in [-0.1, -0.05) is 6.07 Å². The Bertz CT molecular complexity index is 443. The highest BCUT2D eigenvalue weighted by atomic mass is 16.5. The molecule has 0 bridgehead atoms. The molecule has 18 heavy (non-hydrogen) atoms. The molecule has 1 aromatic rings. The van der Waals surface area contributed by atoms with E-state index in [2.05, 4.69) is 6.07 Å². The number of hydrogen-bond donors (Lipinski definition) is 1. The van der Waals surface area contributed by atoms with Crippen LogP contribution in [0.25, 0.3) is 0 Å². The molecule has 0 saturated heterocycles. The molecule has 0 spiro atoms. The minimum absolute atomic E-state index is 0.174. The largest absolute Gasteiger partial charge is 0.493 e. The van der Waals surface area contributed by atoms with Crippen molar-refractivity contribution in [2.45, 2.75) is 43.8 Å². The van der Waals surface area contributed by atoms with Gasteiger partial charge in [0.1, 0.15) is 5.75 Å². The van der Waals surface area contributed by atoms with E-state index in [4.69, 9.17) is 9.47 Å². The van der Waals surface area contributed by atoms with Gasteiger partial charge in [0.05, 0.1) is 18.3 Å². The third-order valence-corrected chi connectivity index (χ3v) is 4.24. The van der Waals surface area contributed by atoms with Crippen LogP contribution in [0.5, 0.6) is 5.75 Å². The fourth-order valence-electron chi connectivity index (χ4n) is 3.14. The molecule has 1 aromatic carbocycles. The van der Waals surface area contributed by atoms with Crippen molar-refractivity contribution in [3.63, 3.8) is 0 Å². The lowest BCUT2D eigenvalue weighted by Gasteiger charge is -2.36. The Kier molecular flexibility index (Phi) is 3.04. The first-order chi connectivity index (χ1) is 8.71. The van der Waals surface area contributed by atoms with Crippen molar-refractivity contribution in [2.75, 3.05) is 13.7 Å². The summed E-state index contributed by atoms with van der Waals surface area (Å²) in [6.45, 7) is 0.762. The fraction of sp³-hybridized carbons (Fsp3) is 0.600. The van der Waals surface area contributed by atoms with Crippen LogP contribution < -0.4 is 4.74 Å². The molecule has 98 valence electrons. The van der Waals surface area contributed by atoms with Crippen molar-refractivity contribution < 1.29 is 14.6 Å². The van der Waals surface area contributed by atoms with Crippen molar-refractivity contribution in [1.29, 1.82) is 0 Å². The smallest absolute Gasteiger partial charge is 0.122 e. The van der Waals surface area contributed by atoms with Gasteiger partial charge in [-0.2, -0.15) is 0 Å². The highest BCUT2D eigenvalue weighted by Gasteiger charge is 2.36.